The Labute approximate surface area is 122 Å². The average Bonchev–Trinajstić information content (AvgIpc) is 2.86. The molecular formula is C18H26N2. The molecule has 1 atom stereocenters. The summed E-state index contributed by atoms with van der Waals surface area (Å²) in [6, 6.07) is 11.3. The second kappa shape index (κ2) is 6.76. The Hall–Kier alpha value is -1.54. The number of hydrogen-bond donors (Lipinski definition) is 1. The monoisotopic (exact) mass is 270 g/mol. The molecule has 0 fully saturated rings. The Kier molecular flexibility index (Phi) is 5.02. The quantitative estimate of drug-likeness (QED) is 0.834. The van der Waals surface area contributed by atoms with Crippen molar-refractivity contribution in [2.24, 2.45) is 5.92 Å². The fourth-order valence-corrected chi connectivity index (χ4v) is 2.68. The third-order valence-corrected chi connectivity index (χ3v) is 3.84. The van der Waals surface area contributed by atoms with Crippen LogP contribution in [0, 0.1) is 12.8 Å². The second-order valence-electron chi connectivity index (χ2n) is 5.82. The Morgan fingerprint density at radius 1 is 1.15 bits per heavy atom. The number of nitrogens with zero attached hydrogens (tertiary/aromatic N) is 1. The van der Waals surface area contributed by atoms with Crippen LogP contribution in [0.1, 0.15) is 43.5 Å². The van der Waals surface area contributed by atoms with Crippen LogP contribution in [0.4, 0.5) is 0 Å². The van der Waals surface area contributed by atoms with E-state index in [0.717, 1.165) is 13.1 Å². The third kappa shape index (κ3) is 3.51. The van der Waals surface area contributed by atoms with E-state index in [0.29, 0.717) is 12.0 Å². The highest BCUT2D eigenvalue weighted by Gasteiger charge is 2.15. The molecule has 0 saturated carbocycles. The van der Waals surface area contributed by atoms with Crippen LogP contribution in [0.5, 0.6) is 0 Å². The molecule has 1 unspecified atom stereocenters. The van der Waals surface area contributed by atoms with E-state index in [4.69, 9.17) is 0 Å². The first-order valence-corrected chi connectivity index (χ1v) is 7.55. The van der Waals surface area contributed by atoms with E-state index in [1.165, 1.54) is 16.7 Å². The summed E-state index contributed by atoms with van der Waals surface area (Å²) in [5.74, 6) is 0.601. The van der Waals surface area contributed by atoms with Crippen molar-refractivity contribution in [2.45, 2.75) is 40.3 Å². The van der Waals surface area contributed by atoms with Gasteiger partial charge in [-0.1, -0.05) is 45.0 Å². The van der Waals surface area contributed by atoms with Crippen molar-refractivity contribution in [3.8, 4) is 0 Å². The lowest BCUT2D eigenvalue weighted by molar-refractivity contribution is 0.421. The van der Waals surface area contributed by atoms with Crippen molar-refractivity contribution in [2.75, 3.05) is 6.54 Å². The molecular weight excluding hydrogens is 244 g/mol. The first-order chi connectivity index (χ1) is 9.61. The van der Waals surface area contributed by atoms with E-state index in [-0.39, 0.29) is 0 Å². The summed E-state index contributed by atoms with van der Waals surface area (Å²) in [6.07, 6.45) is 4.47. The number of nitrogens with one attached hydrogen (secondary N) is 1. The fourth-order valence-electron chi connectivity index (χ4n) is 2.68. The molecule has 2 rings (SSSR count). The van der Waals surface area contributed by atoms with Crippen LogP contribution < -0.4 is 5.32 Å². The Morgan fingerprint density at radius 2 is 1.90 bits per heavy atom. The number of benzene rings is 1. The van der Waals surface area contributed by atoms with Gasteiger partial charge in [-0.3, -0.25) is 0 Å². The van der Waals surface area contributed by atoms with Gasteiger partial charge in [0.15, 0.2) is 0 Å². The van der Waals surface area contributed by atoms with Crippen LogP contribution in [0.3, 0.4) is 0 Å². The third-order valence-electron chi connectivity index (χ3n) is 3.84. The molecule has 1 aromatic heterocycles. The van der Waals surface area contributed by atoms with Gasteiger partial charge < -0.3 is 9.88 Å². The van der Waals surface area contributed by atoms with Crippen molar-refractivity contribution in [1.29, 1.82) is 0 Å². The predicted octanol–water partition coefficient (Wildman–Crippen LogP) is 4.15. The van der Waals surface area contributed by atoms with Gasteiger partial charge in [-0.2, -0.15) is 0 Å². The minimum Gasteiger partial charge on any atom is -0.350 e. The SMILES string of the molecule is CCNC(c1ccn(Cc2ccccc2C)c1)C(C)C. The minimum atomic E-state index is 0.443. The maximum atomic E-state index is 3.57. The Balaban J connectivity index is 2.14. The molecule has 0 saturated heterocycles. The summed E-state index contributed by atoms with van der Waals surface area (Å²) in [5.41, 5.74) is 4.13. The Morgan fingerprint density at radius 3 is 2.55 bits per heavy atom. The highest BCUT2D eigenvalue weighted by Crippen LogP contribution is 2.22. The minimum absolute atomic E-state index is 0.443. The van der Waals surface area contributed by atoms with E-state index in [9.17, 15) is 0 Å². The van der Waals surface area contributed by atoms with Crippen LogP contribution >= 0.6 is 0 Å². The topological polar surface area (TPSA) is 17.0 Å². The molecule has 2 aromatic rings. The molecule has 20 heavy (non-hydrogen) atoms. The van der Waals surface area contributed by atoms with Crippen LogP contribution in [0.25, 0.3) is 0 Å². The van der Waals surface area contributed by atoms with Gasteiger partial charge in [-0.15, -0.1) is 0 Å². The molecule has 1 N–H and O–H groups in total. The van der Waals surface area contributed by atoms with E-state index in [2.05, 4.69) is 80.3 Å². The molecule has 0 amide bonds. The van der Waals surface area contributed by atoms with E-state index in [1.807, 2.05) is 0 Å². The van der Waals surface area contributed by atoms with Gasteiger partial charge in [0.2, 0.25) is 0 Å². The van der Waals surface area contributed by atoms with E-state index in [1.54, 1.807) is 0 Å². The standard InChI is InChI=1S/C18H26N2/c1-5-19-18(14(2)3)17-10-11-20(13-17)12-16-9-7-6-8-15(16)4/h6-11,13-14,18-19H,5,12H2,1-4H3. The van der Waals surface area contributed by atoms with Crippen molar-refractivity contribution in [3.63, 3.8) is 0 Å². The van der Waals surface area contributed by atoms with Crippen LogP contribution in [0.2, 0.25) is 0 Å². The first-order valence-electron chi connectivity index (χ1n) is 7.55. The van der Waals surface area contributed by atoms with Gasteiger partial charge >= 0.3 is 0 Å². The van der Waals surface area contributed by atoms with Gasteiger partial charge in [0.1, 0.15) is 0 Å². The Bertz CT molecular complexity index is 540. The van der Waals surface area contributed by atoms with Gasteiger partial charge in [-0.25, -0.2) is 0 Å². The molecule has 0 aliphatic rings. The molecule has 1 aromatic carbocycles. The number of aryl methyl sites for hydroxylation is 1. The summed E-state index contributed by atoms with van der Waals surface area (Å²) in [7, 11) is 0. The smallest absolute Gasteiger partial charge is 0.0472 e. The zero-order chi connectivity index (χ0) is 14.5. The van der Waals surface area contributed by atoms with Crippen molar-refractivity contribution in [1.82, 2.24) is 9.88 Å². The van der Waals surface area contributed by atoms with E-state index < -0.39 is 0 Å². The number of aromatic nitrogens is 1. The molecule has 0 aliphatic heterocycles. The van der Waals surface area contributed by atoms with Crippen molar-refractivity contribution in [3.05, 3.63) is 59.4 Å². The zero-order valence-electron chi connectivity index (χ0n) is 13.1. The molecule has 0 radical (unpaired) electrons. The summed E-state index contributed by atoms with van der Waals surface area (Å²) < 4.78 is 2.28. The maximum Gasteiger partial charge on any atom is 0.0472 e. The number of rotatable bonds is 6. The lowest BCUT2D eigenvalue weighted by Crippen LogP contribution is -2.25. The van der Waals surface area contributed by atoms with Crippen LogP contribution in [-0.4, -0.2) is 11.1 Å². The highest BCUT2D eigenvalue weighted by molar-refractivity contribution is 5.26. The van der Waals surface area contributed by atoms with Gasteiger partial charge in [0.25, 0.3) is 0 Å². The average molecular weight is 270 g/mol. The van der Waals surface area contributed by atoms with Crippen LogP contribution in [0.15, 0.2) is 42.7 Å². The normalized spacial score (nSPS) is 12.8. The molecule has 2 heteroatoms. The van der Waals surface area contributed by atoms with Gasteiger partial charge in [-0.05, 0) is 42.1 Å². The lowest BCUT2D eigenvalue weighted by atomic mass is 9.98. The fraction of sp³-hybridized carbons (Fsp3) is 0.444. The van der Waals surface area contributed by atoms with Crippen molar-refractivity contribution >= 4 is 0 Å². The van der Waals surface area contributed by atoms with Crippen LogP contribution in [-0.2, 0) is 6.54 Å². The largest absolute Gasteiger partial charge is 0.350 e. The van der Waals surface area contributed by atoms with E-state index >= 15 is 0 Å². The highest BCUT2D eigenvalue weighted by atomic mass is 15.0. The second-order valence-corrected chi connectivity index (χ2v) is 5.82. The molecule has 0 aliphatic carbocycles. The maximum absolute atomic E-state index is 3.57. The lowest BCUT2D eigenvalue weighted by Gasteiger charge is -2.20. The van der Waals surface area contributed by atoms with Crippen molar-refractivity contribution < 1.29 is 0 Å². The first kappa shape index (κ1) is 14.9. The summed E-state index contributed by atoms with van der Waals surface area (Å²) in [6.45, 7) is 10.8. The summed E-state index contributed by atoms with van der Waals surface area (Å²) >= 11 is 0. The van der Waals surface area contributed by atoms with Gasteiger partial charge in [0, 0.05) is 25.0 Å². The molecule has 2 nitrogen and oxygen atoms in total. The zero-order valence-corrected chi connectivity index (χ0v) is 13.1. The molecule has 0 bridgehead atoms. The summed E-state index contributed by atoms with van der Waals surface area (Å²) in [5, 5.41) is 3.57. The summed E-state index contributed by atoms with van der Waals surface area (Å²) in [4.78, 5) is 0. The molecule has 0 spiro atoms. The molecule has 1 heterocycles. The molecule has 108 valence electrons. The predicted molar refractivity (Wildman–Crippen MR) is 86.0 cm³/mol. The van der Waals surface area contributed by atoms with Gasteiger partial charge in [0.05, 0.1) is 0 Å². The number of hydrogen-bond acceptors (Lipinski definition) is 1.